The number of nitrogens with zero attached hydrogens (tertiary/aromatic N) is 4. The third kappa shape index (κ3) is 3.31. The third-order valence-corrected chi connectivity index (χ3v) is 4.12. The number of aryl methyl sites for hydroxylation is 1. The summed E-state index contributed by atoms with van der Waals surface area (Å²) >= 11 is 0. The standard InChI is InChI=1S/C17H20N4O2/c1-12-18-9-7-15(20-12)13-5-4-10-21(11-13)17(22)14-6-3-8-19-16(14)23-2/h3,6-9,13H,4-5,10-11H2,1-2H3/t13-/m0/s1. The first-order chi connectivity index (χ1) is 11.2. The Bertz CT molecular complexity index is 704. The molecule has 1 aliphatic rings. The maximum absolute atomic E-state index is 12.8. The van der Waals surface area contributed by atoms with Crippen LogP contribution in [-0.2, 0) is 0 Å². The molecule has 0 bridgehead atoms. The highest BCUT2D eigenvalue weighted by molar-refractivity contribution is 5.96. The molecule has 0 aliphatic carbocycles. The predicted molar refractivity (Wildman–Crippen MR) is 85.4 cm³/mol. The van der Waals surface area contributed by atoms with E-state index in [1.54, 1.807) is 24.5 Å². The average Bonchev–Trinajstić information content (AvgIpc) is 2.61. The first-order valence-electron chi connectivity index (χ1n) is 7.77. The van der Waals surface area contributed by atoms with Gasteiger partial charge in [-0.25, -0.2) is 15.0 Å². The normalized spacial score (nSPS) is 17.8. The van der Waals surface area contributed by atoms with Crippen molar-refractivity contribution in [3.8, 4) is 5.88 Å². The lowest BCUT2D eigenvalue weighted by molar-refractivity contribution is 0.0701. The Labute approximate surface area is 135 Å². The molecule has 1 atom stereocenters. The lowest BCUT2D eigenvalue weighted by Gasteiger charge is -2.32. The molecular formula is C17H20N4O2. The minimum absolute atomic E-state index is 0.0366. The number of likely N-dealkylation sites (tertiary alicyclic amines) is 1. The second kappa shape index (κ2) is 6.73. The van der Waals surface area contributed by atoms with Crippen molar-refractivity contribution in [2.45, 2.75) is 25.7 Å². The van der Waals surface area contributed by atoms with Gasteiger partial charge in [0, 0.05) is 37.1 Å². The minimum Gasteiger partial charge on any atom is -0.480 e. The van der Waals surface area contributed by atoms with E-state index in [9.17, 15) is 4.79 Å². The monoisotopic (exact) mass is 312 g/mol. The predicted octanol–water partition coefficient (Wildman–Crippen LogP) is 2.21. The van der Waals surface area contributed by atoms with Gasteiger partial charge in [-0.2, -0.15) is 0 Å². The number of carbonyl (C=O) groups is 1. The fraction of sp³-hybridized carbons (Fsp3) is 0.412. The van der Waals surface area contributed by atoms with Gasteiger partial charge in [-0.15, -0.1) is 0 Å². The number of methoxy groups -OCH3 is 1. The number of pyridine rings is 1. The fourth-order valence-electron chi connectivity index (χ4n) is 2.99. The average molecular weight is 312 g/mol. The van der Waals surface area contributed by atoms with Crippen molar-refractivity contribution >= 4 is 5.91 Å². The van der Waals surface area contributed by atoms with Crippen molar-refractivity contribution in [2.24, 2.45) is 0 Å². The highest BCUT2D eigenvalue weighted by Crippen LogP contribution is 2.27. The number of amides is 1. The van der Waals surface area contributed by atoms with Gasteiger partial charge in [0.1, 0.15) is 11.4 Å². The van der Waals surface area contributed by atoms with Crippen LogP contribution in [0.5, 0.6) is 5.88 Å². The van der Waals surface area contributed by atoms with Crippen LogP contribution < -0.4 is 4.74 Å². The van der Waals surface area contributed by atoms with Crippen LogP contribution in [0.3, 0.4) is 0 Å². The molecule has 2 aromatic heterocycles. The van der Waals surface area contributed by atoms with E-state index in [0.717, 1.165) is 30.9 Å². The maximum atomic E-state index is 12.8. The summed E-state index contributed by atoms with van der Waals surface area (Å²) in [4.78, 5) is 27.4. The first-order valence-corrected chi connectivity index (χ1v) is 7.77. The summed E-state index contributed by atoms with van der Waals surface area (Å²) in [5, 5.41) is 0. The van der Waals surface area contributed by atoms with E-state index in [-0.39, 0.29) is 11.8 Å². The molecule has 0 unspecified atom stereocenters. The zero-order valence-corrected chi connectivity index (χ0v) is 13.4. The fourth-order valence-corrected chi connectivity index (χ4v) is 2.99. The molecule has 120 valence electrons. The Kier molecular flexibility index (Phi) is 4.50. The van der Waals surface area contributed by atoms with Crippen LogP contribution in [0, 0.1) is 6.92 Å². The van der Waals surface area contributed by atoms with Crippen LogP contribution in [0.2, 0.25) is 0 Å². The van der Waals surface area contributed by atoms with E-state index in [4.69, 9.17) is 4.74 Å². The first kappa shape index (κ1) is 15.4. The van der Waals surface area contributed by atoms with Gasteiger partial charge in [-0.3, -0.25) is 4.79 Å². The Balaban J connectivity index is 1.79. The topological polar surface area (TPSA) is 68.2 Å². The number of ether oxygens (including phenoxy) is 1. The summed E-state index contributed by atoms with van der Waals surface area (Å²) in [5.41, 5.74) is 1.52. The summed E-state index contributed by atoms with van der Waals surface area (Å²) in [6.45, 7) is 3.29. The number of hydrogen-bond donors (Lipinski definition) is 0. The zero-order chi connectivity index (χ0) is 16.2. The molecule has 1 saturated heterocycles. The lowest BCUT2D eigenvalue weighted by atomic mass is 9.94. The second-order valence-electron chi connectivity index (χ2n) is 5.68. The second-order valence-corrected chi connectivity index (χ2v) is 5.68. The molecule has 0 aromatic carbocycles. The van der Waals surface area contributed by atoms with Crippen molar-refractivity contribution in [3.63, 3.8) is 0 Å². The molecule has 0 N–H and O–H groups in total. The van der Waals surface area contributed by atoms with E-state index < -0.39 is 0 Å². The van der Waals surface area contributed by atoms with Crippen LogP contribution in [0.15, 0.2) is 30.6 Å². The lowest BCUT2D eigenvalue weighted by Crippen LogP contribution is -2.39. The van der Waals surface area contributed by atoms with Gasteiger partial charge >= 0.3 is 0 Å². The van der Waals surface area contributed by atoms with E-state index in [0.29, 0.717) is 18.0 Å². The van der Waals surface area contributed by atoms with E-state index in [1.165, 1.54) is 7.11 Å². The zero-order valence-electron chi connectivity index (χ0n) is 13.4. The molecule has 1 fully saturated rings. The smallest absolute Gasteiger partial charge is 0.259 e. The van der Waals surface area contributed by atoms with Gasteiger partial charge in [-0.05, 0) is 38.0 Å². The summed E-state index contributed by atoms with van der Waals surface area (Å²) in [6.07, 6.45) is 5.40. The number of carbonyl (C=O) groups excluding carboxylic acids is 1. The molecule has 1 aliphatic heterocycles. The van der Waals surface area contributed by atoms with Gasteiger partial charge in [0.15, 0.2) is 0 Å². The molecule has 3 rings (SSSR count). The molecule has 23 heavy (non-hydrogen) atoms. The Morgan fingerprint density at radius 2 is 2.17 bits per heavy atom. The maximum Gasteiger partial charge on any atom is 0.259 e. The van der Waals surface area contributed by atoms with E-state index >= 15 is 0 Å². The Morgan fingerprint density at radius 1 is 1.30 bits per heavy atom. The molecule has 0 spiro atoms. The van der Waals surface area contributed by atoms with E-state index in [1.807, 2.05) is 17.9 Å². The molecule has 1 amide bonds. The summed E-state index contributed by atoms with van der Waals surface area (Å²) in [6, 6.07) is 5.45. The van der Waals surface area contributed by atoms with Crippen LogP contribution in [0.4, 0.5) is 0 Å². The number of aromatic nitrogens is 3. The quantitative estimate of drug-likeness (QED) is 0.869. The summed E-state index contributed by atoms with van der Waals surface area (Å²) < 4.78 is 5.21. The van der Waals surface area contributed by atoms with Crippen molar-refractivity contribution in [2.75, 3.05) is 20.2 Å². The number of rotatable bonds is 3. The SMILES string of the molecule is COc1ncccc1C(=O)N1CCC[C@H](c2ccnc(C)n2)C1. The largest absolute Gasteiger partial charge is 0.480 e. The molecule has 3 heterocycles. The highest BCUT2D eigenvalue weighted by atomic mass is 16.5. The van der Waals surface area contributed by atoms with Crippen LogP contribution >= 0.6 is 0 Å². The van der Waals surface area contributed by atoms with Crippen molar-refractivity contribution in [3.05, 3.63) is 47.7 Å². The van der Waals surface area contributed by atoms with Crippen LogP contribution in [-0.4, -0.2) is 46.0 Å². The van der Waals surface area contributed by atoms with E-state index in [2.05, 4.69) is 15.0 Å². The minimum atomic E-state index is -0.0366. The highest BCUT2D eigenvalue weighted by Gasteiger charge is 2.28. The molecule has 6 heteroatoms. The Morgan fingerprint density at radius 3 is 2.96 bits per heavy atom. The van der Waals surface area contributed by atoms with Gasteiger partial charge in [-0.1, -0.05) is 0 Å². The summed E-state index contributed by atoms with van der Waals surface area (Å²) in [5.74, 6) is 1.35. The third-order valence-electron chi connectivity index (χ3n) is 4.12. The van der Waals surface area contributed by atoms with Crippen molar-refractivity contribution < 1.29 is 9.53 Å². The summed E-state index contributed by atoms with van der Waals surface area (Å²) in [7, 11) is 1.53. The van der Waals surface area contributed by atoms with Gasteiger partial charge in [0.25, 0.3) is 5.91 Å². The molecule has 0 saturated carbocycles. The number of piperidine rings is 1. The molecular weight excluding hydrogens is 292 g/mol. The van der Waals surface area contributed by atoms with Crippen LogP contribution in [0.1, 0.15) is 40.6 Å². The van der Waals surface area contributed by atoms with Gasteiger partial charge < -0.3 is 9.64 Å². The molecule has 6 nitrogen and oxygen atoms in total. The van der Waals surface area contributed by atoms with Gasteiger partial charge in [0.05, 0.1) is 7.11 Å². The van der Waals surface area contributed by atoms with Gasteiger partial charge in [0.2, 0.25) is 5.88 Å². The molecule has 0 radical (unpaired) electrons. The molecule has 2 aromatic rings. The Hall–Kier alpha value is -2.50. The number of hydrogen-bond acceptors (Lipinski definition) is 5. The van der Waals surface area contributed by atoms with Crippen molar-refractivity contribution in [1.82, 2.24) is 19.9 Å². The van der Waals surface area contributed by atoms with Crippen LogP contribution in [0.25, 0.3) is 0 Å². The van der Waals surface area contributed by atoms with Crippen molar-refractivity contribution in [1.29, 1.82) is 0 Å².